The Balaban J connectivity index is 4.43. The first-order valence-electron chi connectivity index (χ1n) is 2.65. The maximum atomic E-state index is 10.4. The van der Waals surface area contributed by atoms with Gasteiger partial charge in [0.1, 0.15) is 0 Å². The minimum Gasteiger partial charge on any atom is -0.478 e. The smallest absolute Gasteiger partial charge is 0.332 e. The van der Waals surface area contributed by atoms with E-state index in [1.165, 1.54) is 23.5 Å². The second-order valence-electron chi connectivity index (χ2n) is 1.63. The minimum atomic E-state index is -0.835. The monoisotopic (exact) mass is 178 g/mol. The third-order valence-electron chi connectivity index (χ3n) is 0.998. The molecule has 0 aliphatic heterocycles. The molecule has 0 radical (unpaired) electrons. The van der Waals surface area contributed by atoms with E-state index < -0.39 is 5.97 Å². The molecule has 4 heteroatoms. The highest BCUT2D eigenvalue weighted by Gasteiger charge is 2.06. The second kappa shape index (κ2) is 4.68. The fraction of sp³-hybridized carbons (Fsp3) is 0.500. The summed E-state index contributed by atoms with van der Waals surface area (Å²) in [4.78, 5) is 10.4. The van der Waals surface area contributed by atoms with Crippen molar-refractivity contribution < 1.29 is 9.90 Å². The molecule has 0 aliphatic carbocycles. The lowest BCUT2D eigenvalue weighted by atomic mass is 10.4. The molecule has 0 saturated heterocycles. The zero-order valence-corrected chi connectivity index (χ0v) is 7.80. The summed E-state index contributed by atoms with van der Waals surface area (Å²) in [7, 11) is 0. The van der Waals surface area contributed by atoms with E-state index in [9.17, 15) is 4.79 Å². The molecule has 0 aliphatic rings. The van der Waals surface area contributed by atoms with Gasteiger partial charge in [-0.1, -0.05) is 0 Å². The predicted octanol–water partition coefficient (Wildman–Crippen LogP) is 2.03. The number of rotatable bonds is 3. The summed E-state index contributed by atoms with van der Waals surface area (Å²) < 4.78 is 0.868. The molecule has 0 saturated carbocycles. The second-order valence-corrected chi connectivity index (χ2v) is 3.52. The van der Waals surface area contributed by atoms with Crippen LogP contribution < -0.4 is 0 Å². The van der Waals surface area contributed by atoms with Gasteiger partial charge in [0.05, 0.1) is 5.57 Å². The van der Waals surface area contributed by atoms with Gasteiger partial charge >= 0.3 is 5.97 Å². The fourth-order valence-corrected chi connectivity index (χ4v) is 1.93. The molecule has 0 heterocycles. The van der Waals surface area contributed by atoms with Crippen molar-refractivity contribution in [3.8, 4) is 0 Å². The normalized spacial score (nSPS) is 9.10. The third kappa shape index (κ3) is 2.66. The lowest BCUT2D eigenvalue weighted by Crippen LogP contribution is -1.97. The first kappa shape index (κ1) is 9.91. The van der Waals surface area contributed by atoms with Crippen LogP contribution in [-0.2, 0) is 4.79 Å². The van der Waals surface area contributed by atoms with Crippen molar-refractivity contribution in [1.29, 1.82) is 0 Å². The average Bonchev–Trinajstić information content (AvgIpc) is 1.90. The number of hydrogen-bond donors (Lipinski definition) is 1. The standard InChI is InChI=1S/C6H10O2S2/c1-4(5(7)8)6(9-2)10-3/h1-3H3,(H,7,8). The Morgan fingerprint density at radius 2 is 1.70 bits per heavy atom. The molecule has 0 unspecified atom stereocenters. The van der Waals surface area contributed by atoms with Gasteiger partial charge in [-0.25, -0.2) is 4.79 Å². The van der Waals surface area contributed by atoms with Crippen LogP contribution in [0.5, 0.6) is 0 Å². The largest absolute Gasteiger partial charge is 0.478 e. The number of carbonyl (C=O) groups is 1. The zero-order valence-electron chi connectivity index (χ0n) is 6.17. The van der Waals surface area contributed by atoms with E-state index >= 15 is 0 Å². The van der Waals surface area contributed by atoms with E-state index in [2.05, 4.69) is 0 Å². The van der Waals surface area contributed by atoms with Crippen molar-refractivity contribution in [1.82, 2.24) is 0 Å². The molecule has 2 nitrogen and oxygen atoms in total. The van der Waals surface area contributed by atoms with Crippen LogP contribution in [0.25, 0.3) is 0 Å². The molecule has 0 aromatic heterocycles. The lowest BCUT2D eigenvalue weighted by Gasteiger charge is -2.00. The average molecular weight is 178 g/mol. The van der Waals surface area contributed by atoms with Gasteiger partial charge in [-0.15, -0.1) is 23.5 Å². The minimum absolute atomic E-state index is 0.431. The van der Waals surface area contributed by atoms with Gasteiger partial charge in [-0.2, -0.15) is 0 Å². The van der Waals surface area contributed by atoms with E-state index in [0.29, 0.717) is 5.57 Å². The number of carboxylic acids is 1. The van der Waals surface area contributed by atoms with E-state index in [1.54, 1.807) is 6.92 Å². The van der Waals surface area contributed by atoms with E-state index in [1.807, 2.05) is 12.5 Å². The molecule has 0 spiro atoms. The molecule has 0 aromatic carbocycles. The number of thioether (sulfide) groups is 2. The Bertz CT molecular complexity index is 157. The van der Waals surface area contributed by atoms with Gasteiger partial charge in [0, 0.05) is 4.24 Å². The van der Waals surface area contributed by atoms with Gasteiger partial charge in [-0.3, -0.25) is 0 Å². The highest BCUT2D eigenvalue weighted by molar-refractivity contribution is 8.21. The Morgan fingerprint density at radius 3 is 1.80 bits per heavy atom. The lowest BCUT2D eigenvalue weighted by molar-refractivity contribution is -0.132. The molecule has 0 rings (SSSR count). The molecule has 1 N–H and O–H groups in total. The molecule has 0 aromatic rings. The van der Waals surface area contributed by atoms with Crippen molar-refractivity contribution >= 4 is 29.5 Å². The van der Waals surface area contributed by atoms with Crippen molar-refractivity contribution in [2.45, 2.75) is 6.92 Å². The van der Waals surface area contributed by atoms with Gasteiger partial charge in [-0.05, 0) is 19.4 Å². The van der Waals surface area contributed by atoms with Gasteiger partial charge in [0.2, 0.25) is 0 Å². The molecular formula is C6H10O2S2. The molecule has 10 heavy (non-hydrogen) atoms. The van der Waals surface area contributed by atoms with Crippen molar-refractivity contribution in [2.75, 3.05) is 12.5 Å². The quantitative estimate of drug-likeness (QED) is 0.671. The molecule has 0 bridgehead atoms. The zero-order chi connectivity index (χ0) is 8.15. The molecule has 0 atom stereocenters. The fourth-order valence-electron chi connectivity index (χ4n) is 0.477. The Labute approximate surface area is 69.1 Å². The summed E-state index contributed by atoms with van der Waals surface area (Å²) >= 11 is 2.94. The highest BCUT2D eigenvalue weighted by Crippen LogP contribution is 2.26. The SMILES string of the molecule is CSC(SC)=C(C)C(=O)O. The van der Waals surface area contributed by atoms with Crippen LogP contribution in [0.4, 0.5) is 0 Å². The Hall–Kier alpha value is -0.0900. The Kier molecular flexibility index (Phi) is 4.64. The van der Waals surface area contributed by atoms with Gasteiger partial charge in [0.25, 0.3) is 0 Å². The highest BCUT2D eigenvalue weighted by atomic mass is 32.2. The van der Waals surface area contributed by atoms with Crippen LogP contribution in [0.3, 0.4) is 0 Å². The van der Waals surface area contributed by atoms with E-state index in [-0.39, 0.29) is 0 Å². The van der Waals surface area contributed by atoms with Crippen molar-refractivity contribution in [3.63, 3.8) is 0 Å². The summed E-state index contributed by atoms with van der Waals surface area (Å²) in [5.41, 5.74) is 0.431. The number of aliphatic carboxylic acids is 1. The predicted molar refractivity (Wildman–Crippen MR) is 47.4 cm³/mol. The van der Waals surface area contributed by atoms with Crippen molar-refractivity contribution in [3.05, 3.63) is 9.81 Å². The van der Waals surface area contributed by atoms with Crippen LogP contribution in [0.15, 0.2) is 9.81 Å². The van der Waals surface area contributed by atoms with E-state index in [0.717, 1.165) is 4.24 Å². The van der Waals surface area contributed by atoms with Crippen LogP contribution in [0.2, 0.25) is 0 Å². The first-order chi connectivity index (χ1) is 4.63. The summed E-state index contributed by atoms with van der Waals surface area (Å²) in [6.07, 6.45) is 3.75. The summed E-state index contributed by atoms with van der Waals surface area (Å²) in [6, 6.07) is 0. The summed E-state index contributed by atoms with van der Waals surface area (Å²) in [5, 5.41) is 8.53. The van der Waals surface area contributed by atoms with Crippen molar-refractivity contribution in [2.24, 2.45) is 0 Å². The summed E-state index contributed by atoms with van der Waals surface area (Å²) in [5.74, 6) is -0.835. The topological polar surface area (TPSA) is 37.3 Å². The first-order valence-corrected chi connectivity index (χ1v) is 5.10. The van der Waals surface area contributed by atoms with Crippen LogP contribution in [-0.4, -0.2) is 23.6 Å². The number of carboxylic acid groups (broad SMARTS) is 1. The third-order valence-corrected chi connectivity index (χ3v) is 3.35. The van der Waals surface area contributed by atoms with Crippen LogP contribution >= 0.6 is 23.5 Å². The maximum Gasteiger partial charge on any atom is 0.332 e. The number of hydrogen-bond acceptors (Lipinski definition) is 3. The van der Waals surface area contributed by atoms with Crippen LogP contribution in [0, 0.1) is 0 Å². The van der Waals surface area contributed by atoms with E-state index in [4.69, 9.17) is 5.11 Å². The molecule has 0 amide bonds. The molecule has 0 fully saturated rings. The maximum absolute atomic E-state index is 10.4. The summed E-state index contributed by atoms with van der Waals surface area (Å²) in [6.45, 7) is 1.62. The van der Waals surface area contributed by atoms with Gasteiger partial charge in [0.15, 0.2) is 0 Å². The van der Waals surface area contributed by atoms with Crippen LogP contribution in [0.1, 0.15) is 6.92 Å². The van der Waals surface area contributed by atoms with Gasteiger partial charge < -0.3 is 5.11 Å². The Morgan fingerprint density at radius 1 is 1.30 bits per heavy atom. The molecular weight excluding hydrogens is 168 g/mol. The molecule has 58 valence electrons.